The zero-order chi connectivity index (χ0) is 18.1. The predicted molar refractivity (Wildman–Crippen MR) is 99.5 cm³/mol. The van der Waals surface area contributed by atoms with Gasteiger partial charge in [-0.1, -0.05) is 25.0 Å². The van der Waals surface area contributed by atoms with E-state index in [1.165, 1.54) is 11.1 Å². The zero-order valence-corrected chi connectivity index (χ0v) is 15.2. The summed E-state index contributed by atoms with van der Waals surface area (Å²) < 4.78 is 1.72. The number of aromatic nitrogens is 4. The lowest BCUT2D eigenvalue weighted by atomic mass is 10.0. The zero-order valence-electron chi connectivity index (χ0n) is 15.2. The first-order valence-electron chi connectivity index (χ1n) is 9.18. The van der Waals surface area contributed by atoms with Crippen molar-refractivity contribution in [3.8, 4) is 11.3 Å². The summed E-state index contributed by atoms with van der Waals surface area (Å²) in [6, 6.07) is 10.2. The molecule has 134 valence electrons. The van der Waals surface area contributed by atoms with E-state index in [9.17, 15) is 4.79 Å². The summed E-state index contributed by atoms with van der Waals surface area (Å²) >= 11 is 0. The molecule has 4 rings (SSSR count). The maximum absolute atomic E-state index is 12.2. The molecular weight excluding hydrogens is 326 g/mol. The van der Waals surface area contributed by atoms with Crippen molar-refractivity contribution < 1.29 is 4.79 Å². The number of nitrogens with one attached hydrogen (secondary N) is 1. The van der Waals surface area contributed by atoms with Gasteiger partial charge in [-0.25, -0.2) is 0 Å². The average Bonchev–Trinajstić information content (AvgIpc) is 3.31. The number of fused-ring (bicyclic) bond motifs is 1. The molecule has 0 spiro atoms. The first-order chi connectivity index (χ1) is 12.6. The number of aryl methyl sites for hydroxylation is 2. The summed E-state index contributed by atoms with van der Waals surface area (Å²) in [7, 11) is 0. The topological polar surface area (TPSA) is 72.2 Å². The van der Waals surface area contributed by atoms with Gasteiger partial charge in [-0.3, -0.25) is 4.79 Å². The van der Waals surface area contributed by atoms with Crippen LogP contribution in [0.2, 0.25) is 0 Å². The molecule has 0 bridgehead atoms. The highest BCUT2D eigenvalue weighted by molar-refractivity contribution is 5.78. The van der Waals surface area contributed by atoms with E-state index in [1.54, 1.807) is 4.52 Å². The van der Waals surface area contributed by atoms with Crippen LogP contribution < -0.4 is 5.32 Å². The van der Waals surface area contributed by atoms with Crippen LogP contribution in [0.1, 0.15) is 42.6 Å². The van der Waals surface area contributed by atoms with Crippen LogP contribution in [-0.2, 0) is 11.3 Å². The third kappa shape index (κ3) is 3.19. The van der Waals surface area contributed by atoms with Gasteiger partial charge >= 0.3 is 0 Å². The first-order valence-corrected chi connectivity index (χ1v) is 9.18. The molecule has 6 heteroatoms. The summed E-state index contributed by atoms with van der Waals surface area (Å²) in [6.45, 7) is 4.54. The van der Waals surface area contributed by atoms with Gasteiger partial charge in [0.1, 0.15) is 0 Å². The Morgan fingerprint density at radius 3 is 2.69 bits per heavy atom. The fourth-order valence-corrected chi connectivity index (χ4v) is 3.50. The normalized spacial score (nSPS) is 14.8. The van der Waals surface area contributed by atoms with Gasteiger partial charge in [-0.15, -0.1) is 10.2 Å². The van der Waals surface area contributed by atoms with Gasteiger partial charge < -0.3 is 5.32 Å². The lowest BCUT2D eigenvalue weighted by molar-refractivity contribution is -0.125. The van der Waals surface area contributed by atoms with Crippen molar-refractivity contribution in [2.75, 3.05) is 0 Å². The van der Waals surface area contributed by atoms with Gasteiger partial charge in [0.25, 0.3) is 0 Å². The van der Waals surface area contributed by atoms with Crippen LogP contribution in [0.15, 0.2) is 30.3 Å². The molecule has 0 radical (unpaired) electrons. The largest absolute Gasteiger partial charge is 0.348 e. The molecule has 1 saturated carbocycles. The van der Waals surface area contributed by atoms with Crippen LogP contribution in [-0.4, -0.2) is 25.7 Å². The Balaban J connectivity index is 1.58. The molecule has 1 aliphatic carbocycles. The number of carbonyl (C=O) groups excluding carboxylic acids is 1. The second-order valence-electron chi connectivity index (χ2n) is 7.10. The second-order valence-corrected chi connectivity index (χ2v) is 7.10. The maximum atomic E-state index is 12.2. The molecule has 0 saturated heterocycles. The monoisotopic (exact) mass is 349 g/mol. The Kier molecular flexibility index (Phi) is 4.41. The number of hydrogen-bond donors (Lipinski definition) is 1. The Labute approximate surface area is 152 Å². The van der Waals surface area contributed by atoms with E-state index in [2.05, 4.69) is 47.6 Å². The van der Waals surface area contributed by atoms with Crippen molar-refractivity contribution in [3.05, 3.63) is 47.3 Å². The predicted octanol–water partition coefficient (Wildman–Crippen LogP) is 3.21. The lowest BCUT2D eigenvalue weighted by Gasteiger charge is -2.09. The summed E-state index contributed by atoms with van der Waals surface area (Å²) in [4.78, 5) is 12.2. The SMILES string of the molecule is Cc1ccc(-c2ccc3nnc(CNC(=O)C4CCCC4)n3n2)cc1C. The quantitative estimate of drug-likeness (QED) is 0.785. The van der Waals surface area contributed by atoms with Crippen molar-refractivity contribution in [1.29, 1.82) is 0 Å². The minimum atomic E-state index is 0.115. The molecular formula is C20H23N5O. The number of rotatable bonds is 4. The molecule has 1 amide bonds. The van der Waals surface area contributed by atoms with Gasteiger partial charge in [0.2, 0.25) is 5.91 Å². The van der Waals surface area contributed by atoms with E-state index in [1.807, 2.05) is 12.1 Å². The fraction of sp³-hybridized carbons (Fsp3) is 0.400. The molecule has 0 atom stereocenters. The molecule has 2 aromatic heterocycles. The highest BCUT2D eigenvalue weighted by Gasteiger charge is 2.22. The van der Waals surface area contributed by atoms with E-state index in [0.29, 0.717) is 18.0 Å². The summed E-state index contributed by atoms with van der Waals surface area (Å²) in [5, 5.41) is 16.0. The van der Waals surface area contributed by atoms with Gasteiger partial charge in [0, 0.05) is 11.5 Å². The molecule has 0 unspecified atom stereocenters. The third-order valence-corrected chi connectivity index (χ3v) is 5.28. The molecule has 26 heavy (non-hydrogen) atoms. The van der Waals surface area contributed by atoms with Crippen LogP contribution in [0.25, 0.3) is 16.9 Å². The van der Waals surface area contributed by atoms with Crippen LogP contribution in [0.5, 0.6) is 0 Å². The average molecular weight is 349 g/mol. The summed E-state index contributed by atoms with van der Waals surface area (Å²) in [6.07, 6.45) is 4.27. The lowest BCUT2D eigenvalue weighted by Crippen LogP contribution is -2.29. The minimum Gasteiger partial charge on any atom is -0.348 e. The first kappa shape index (κ1) is 16.7. The Hall–Kier alpha value is -2.76. The smallest absolute Gasteiger partial charge is 0.223 e. The van der Waals surface area contributed by atoms with Crippen molar-refractivity contribution in [1.82, 2.24) is 25.1 Å². The molecule has 1 fully saturated rings. The number of nitrogens with zero attached hydrogens (tertiary/aromatic N) is 4. The highest BCUT2D eigenvalue weighted by atomic mass is 16.1. The number of amides is 1. The Bertz CT molecular complexity index is 956. The van der Waals surface area contributed by atoms with E-state index < -0.39 is 0 Å². The molecule has 1 aliphatic rings. The molecule has 3 aromatic rings. The van der Waals surface area contributed by atoms with Crippen molar-refractivity contribution in [2.24, 2.45) is 5.92 Å². The maximum Gasteiger partial charge on any atom is 0.223 e. The van der Waals surface area contributed by atoms with Crippen LogP contribution in [0, 0.1) is 19.8 Å². The molecule has 2 heterocycles. The van der Waals surface area contributed by atoms with Gasteiger partial charge in [0.15, 0.2) is 11.5 Å². The fourth-order valence-electron chi connectivity index (χ4n) is 3.50. The van der Waals surface area contributed by atoms with E-state index in [0.717, 1.165) is 36.9 Å². The molecule has 6 nitrogen and oxygen atoms in total. The number of hydrogen-bond acceptors (Lipinski definition) is 4. The third-order valence-electron chi connectivity index (χ3n) is 5.28. The van der Waals surface area contributed by atoms with E-state index in [-0.39, 0.29) is 11.8 Å². The molecule has 1 aromatic carbocycles. The summed E-state index contributed by atoms with van der Waals surface area (Å²) in [5.74, 6) is 0.912. The van der Waals surface area contributed by atoms with Crippen LogP contribution >= 0.6 is 0 Å². The van der Waals surface area contributed by atoms with Crippen molar-refractivity contribution in [2.45, 2.75) is 46.1 Å². The van der Waals surface area contributed by atoms with Crippen molar-refractivity contribution in [3.63, 3.8) is 0 Å². The second kappa shape index (κ2) is 6.86. The number of benzene rings is 1. The van der Waals surface area contributed by atoms with Crippen LogP contribution in [0.4, 0.5) is 0 Å². The highest BCUT2D eigenvalue weighted by Crippen LogP contribution is 2.25. The van der Waals surface area contributed by atoms with Crippen molar-refractivity contribution >= 4 is 11.6 Å². The Morgan fingerprint density at radius 2 is 1.92 bits per heavy atom. The van der Waals surface area contributed by atoms with E-state index >= 15 is 0 Å². The molecule has 1 N–H and O–H groups in total. The minimum absolute atomic E-state index is 0.115. The van der Waals surface area contributed by atoms with E-state index in [4.69, 9.17) is 5.10 Å². The number of carbonyl (C=O) groups is 1. The van der Waals surface area contributed by atoms with Gasteiger partial charge in [-0.05, 0) is 56.0 Å². The summed E-state index contributed by atoms with van der Waals surface area (Å²) in [5.41, 5.74) is 5.10. The van der Waals surface area contributed by atoms with Gasteiger partial charge in [-0.2, -0.15) is 9.61 Å². The standard InChI is InChI=1S/C20H23N5O/c1-13-7-8-16(11-14(13)2)17-9-10-18-22-23-19(25(18)24-17)12-21-20(26)15-5-3-4-6-15/h7-11,15H,3-6,12H2,1-2H3,(H,21,26). The Morgan fingerprint density at radius 1 is 1.12 bits per heavy atom. The van der Waals surface area contributed by atoms with Crippen LogP contribution in [0.3, 0.4) is 0 Å². The van der Waals surface area contributed by atoms with Gasteiger partial charge in [0.05, 0.1) is 12.2 Å². The molecule has 0 aliphatic heterocycles.